The molecule has 0 aromatic carbocycles. The summed E-state index contributed by atoms with van der Waals surface area (Å²) in [4.78, 5) is 16.1. The molecule has 1 heterocycles. The number of pyridine rings is 1. The van der Waals surface area contributed by atoms with E-state index in [1.807, 2.05) is 0 Å². The quantitative estimate of drug-likeness (QED) is 0.818. The number of hydrogen-bond acceptors (Lipinski definition) is 3. The number of hydrogen-bond donors (Lipinski definition) is 2. The molecule has 0 spiro atoms. The fourth-order valence-electron chi connectivity index (χ4n) is 2.36. The Morgan fingerprint density at radius 3 is 2.41 bits per heavy atom. The molecule has 1 aromatic rings. The van der Waals surface area contributed by atoms with E-state index in [4.69, 9.17) is 5.73 Å². The summed E-state index contributed by atoms with van der Waals surface area (Å²) in [6.45, 7) is 8.61. The molecule has 4 nitrogen and oxygen atoms in total. The minimum absolute atomic E-state index is 0.117. The van der Waals surface area contributed by atoms with Crippen molar-refractivity contribution in [2.75, 3.05) is 5.73 Å². The Hall–Kier alpha value is -1.58. The standard InChI is InChI=1S/C13H19N3O/c1-12(2)11(13(12,3)4)16-10(17)9-8(14)6-5-7-15-9/h5-7,11H,14H2,1-4H3,(H,16,17). The second kappa shape index (κ2) is 3.45. The van der Waals surface area contributed by atoms with E-state index in [-0.39, 0.29) is 22.8 Å². The van der Waals surface area contributed by atoms with Gasteiger partial charge in [0.25, 0.3) is 5.91 Å². The summed E-state index contributed by atoms with van der Waals surface area (Å²) in [5, 5.41) is 3.01. The van der Waals surface area contributed by atoms with E-state index in [1.54, 1.807) is 18.3 Å². The molecular weight excluding hydrogens is 214 g/mol. The first-order valence-electron chi connectivity index (χ1n) is 5.80. The predicted octanol–water partition coefficient (Wildman–Crippen LogP) is 1.83. The maximum atomic E-state index is 12.0. The smallest absolute Gasteiger partial charge is 0.272 e. The highest BCUT2D eigenvalue weighted by Gasteiger charge is 2.65. The molecule has 1 aliphatic rings. The van der Waals surface area contributed by atoms with Crippen LogP contribution in [0.4, 0.5) is 5.69 Å². The Bertz CT molecular complexity index is 451. The van der Waals surface area contributed by atoms with Crippen molar-refractivity contribution in [1.29, 1.82) is 0 Å². The molecular formula is C13H19N3O. The summed E-state index contributed by atoms with van der Waals surface area (Å²) in [6.07, 6.45) is 1.58. The number of aromatic nitrogens is 1. The zero-order valence-electron chi connectivity index (χ0n) is 10.7. The zero-order valence-corrected chi connectivity index (χ0v) is 10.7. The zero-order chi connectivity index (χ0) is 12.8. The van der Waals surface area contributed by atoms with Crippen molar-refractivity contribution in [2.24, 2.45) is 10.8 Å². The van der Waals surface area contributed by atoms with Crippen LogP contribution in [-0.4, -0.2) is 16.9 Å². The van der Waals surface area contributed by atoms with Crippen LogP contribution in [0.3, 0.4) is 0 Å². The summed E-state index contributed by atoms with van der Waals surface area (Å²) in [5.41, 5.74) is 6.69. The average molecular weight is 233 g/mol. The maximum Gasteiger partial charge on any atom is 0.272 e. The summed E-state index contributed by atoms with van der Waals surface area (Å²) >= 11 is 0. The molecule has 3 N–H and O–H groups in total. The van der Waals surface area contributed by atoms with Crippen LogP contribution in [0.15, 0.2) is 18.3 Å². The topological polar surface area (TPSA) is 68.0 Å². The first kappa shape index (κ1) is 11.9. The van der Waals surface area contributed by atoms with Gasteiger partial charge in [-0.3, -0.25) is 4.79 Å². The molecule has 0 unspecified atom stereocenters. The Labute approximate surface area is 102 Å². The largest absolute Gasteiger partial charge is 0.397 e. The highest BCUT2D eigenvalue weighted by molar-refractivity contribution is 5.97. The van der Waals surface area contributed by atoms with Gasteiger partial charge in [0.05, 0.1) is 5.69 Å². The molecule has 0 saturated heterocycles. The van der Waals surface area contributed by atoms with Gasteiger partial charge >= 0.3 is 0 Å². The third-order valence-electron chi connectivity index (χ3n) is 4.35. The van der Waals surface area contributed by atoms with Crippen molar-refractivity contribution in [3.8, 4) is 0 Å². The molecule has 2 rings (SSSR count). The lowest BCUT2D eigenvalue weighted by Crippen LogP contribution is -2.31. The minimum Gasteiger partial charge on any atom is -0.397 e. The van der Waals surface area contributed by atoms with Crippen LogP contribution < -0.4 is 11.1 Å². The molecule has 1 fully saturated rings. The molecule has 92 valence electrons. The van der Waals surface area contributed by atoms with E-state index in [2.05, 4.69) is 38.0 Å². The molecule has 0 bridgehead atoms. The Morgan fingerprint density at radius 1 is 1.35 bits per heavy atom. The lowest BCUT2D eigenvalue weighted by atomic mass is 10.0. The lowest BCUT2D eigenvalue weighted by molar-refractivity contribution is 0.0939. The Morgan fingerprint density at radius 2 is 1.94 bits per heavy atom. The van der Waals surface area contributed by atoms with Crippen molar-refractivity contribution in [3.05, 3.63) is 24.0 Å². The molecule has 0 radical (unpaired) electrons. The van der Waals surface area contributed by atoms with Crippen molar-refractivity contribution in [3.63, 3.8) is 0 Å². The Kier molecular flexibility index (Phi) is 2.42. The van der Waals surface area contributed by atoms with Gasteiger partial charge in [-0.1, -0.05) is 27.7 Å². The number of anilines is 1. The van der Waals surface area contributed by atoms with Gasteiger partial charge in [0.1, 0.15) is 0 Å². The third-order valence-corrected chi connectivity index (χ3v) is 4.35. The monoisotopic (exact) mass is 233 g/mol. The summed E-state index contributed by atoms with van der Waals surface area (Å²) in [7, 11) is 0. The lowest BCUT2D eigenvalue weighted by Gasteiger charge is -2.07. The van der Waals surface area contributed by atoms with E-state index >= 15 is 0 Å². The number of amides is 1. The predicted molar refractivity (Wildman–Crippen MR) is 67.5 cm³/mol. The minimum atomic E-state index is -0.188. The first-order valence-corrected chi connectivity index (χ1v) is 5.80. The van der Waals surface area contributed by atoms with Gasteiger partial charge in [0.15, 0.2) is 5.69 Å². The molecule has 1 aliphatic carbocycles. The average Bonchev–Trinajstić information content (AvgIpc) is 2.61. The molecule has 1 aromatic heterocycles. The first-order chi connectivity index (χ1) is 7.78. The molecule has 0 aliphatic heterocycles. The number of nitrogens with zero attached hydrogens (tertiary/aromatic N) is 1. The van der Waals surface area contributed by atoms with Gasteiger partial charge in [-0.2, -0.15) is 0 Å². The van der Waals surface area contributed by atoms with E-state index < -0.39 is 0 Å². The van der Waals surface area contributed by atoms with Crippen molar-refractivity contribution in [1.82, 2.24) is 10.3 Å². The van der Waals surface area contributed by atoms with E-state index in [9.17, 15) is 4.79 Å². The fraction of sp³-hybridized carbons (Fsp3) is 0.538. The van der Waals surface area contributed by atoms with Gasteiger partial charge in [-0.25, -0.2) is 4.98 Å². The van der Waals surface area contributed by atoms with Crippen LogP contribution in [0, 0.1) is 10.8 Å². The summed E-state index contributed by atoms with van der Waals surface area (Å²) in [5.74, 6) is -0.188. The van der Waals surface area contributed by atoms with Gasteiger partial charge in [0, 0.05) is 12.2 Å². The van der Waals surface area contributed by atoms with E-state index in [0.717, 1.165) is 0 Å². The van der Waals surface area contributed by atoms with Crippen LogP contribution in [0.1, 0.15) is 38.2 Å². The van der Waals surface area contributed by atoms with Gasteiger partial charge in [-0.05, 0) is 23.0 Å². The number of nitrogens with two attached hydrogens (primary N) is 1. The van der Waals surface area contributed by atoms with Gasteiger partial charge < -0.3 is 11.1 Å². The normalized spacial score (nSPS) is 20.9. The fourth-order valence-corrected chi connectivity index (χ4v) is 2.36. The number of carbonyl (C=O) groups is 1. The molecule has 4 heteroatoms. The number of nitrogens with one attached hydrogen (secondary N) is 1. The second-order valence-electron chi connectivity index (χ2n) is 5.79. The SMILES string of the molecule is CC1(C)C(NC(=O)c2ncccc2N)C1(C)C. The number of rotatable bonds is 2. The van der Waals surface area contributed by atoms with Crippen LogP contribution in [0.25, 0.3) is 0 Å². The number of carbonyl (C=O) groups excluding carboxylic acids is 1. The molecule has 1 amide bonds. The molecule has 1 saturated carbocycles. The van der Waals surface area contributed by atoms with Crippen molar-refractivity contribution < 1.29 is 4.79 Å². The van der Waals surface area contributed by atoms with Crippen molar-refractivity contribution >= 4 is 11.6 Å². The van der Waals surface area contributed by atoms with Gasteiger partial charge in [-0.15, -0.1) is 0 Å². The van der Waals surface area contributed by atoms with E-state index in [1.165, 1.54) is 0 Å². The van der Waals surface area contributed by atoms with E-state index in [0.29, 0.717) is 11.4 Å². The molecule has 17 heavy (non-hydrogen) atoms. The highest BCUT2D eigenvalue weighted by atomic mass is 16.2. The van der Waals surface area contributed by atoms with Crippen LogP contribution in [-0.2, 0) is 0 Å². The molecule has 0 atom stereocenters. The van der Waals surface area contributed by atoms with Crippen molar-refractivity contribution in [2.45, 2.75) is 33.7 Å². The maximum absolute atomic E-state index is 12.0. The third kappa shape index (κ3) is 1.68. The van der Waals surface area contributed by atoms with Gasteiger partial charge in [0.2, 0.25) is 0 Å². The highest BCUT2D eigenvalue weighted by Crippen LogP contribution is 2.62. The summed E-state index contributed by atoms with van der Waals surface area (Å²) in [6, 6.07) is 3.58. The van der Waals surface area contributed by atoms with Crippen LogP contribution in [0.5, 0.6) is 0 Å². The Balaban J connectivity index is 2.13. The number of nitrogen functional groups attached to an aromatic ring is 1. The van der Waals surface area contributed by atoms with Crippen LogP contribution in [0.2, 0.25) is 0 Å². The van der Waals surface area contributed by atoms with Crippen LogP contribution >= 0.6 is 0 Å². The summed E-state index contributed by atoms with van der Waals surface area (Å²) < 4.78 is 0. The second-order valence-corrected chi connectivity index (χ2v) is 5.79.